The SMILES string of the molecule is C=CCOc1ccc(NC(=O)C(C)Oc2ccc(-c3ccccc3)cc2)cc1. The Kier molecular flexibility index (Phi) is 6.47. The normalized spacial score (nSPS) is 11.3. The number of anilines is 1. The van der Waals surface area contributed by atoms with Gasteiger partial charge in [-0.25, -0.2) is 0 Å². The summed E-state index contributed by atoms with van der Waals surface area (Å²) in [6, 6.07) is 25.0. The van der Waals surface area contributed by atoms with Crippen molar-refractivity contribution in [3.05, 3.63) is 91.5 Å². The van der Waals surface area contributed by atoms with Gasteiger partial charge in [0, 0.05) is 5.69 Å². The molecule has 3 aromatic rings. The van der Waals surface area contributed by atoms with Crippen LogP contribution in [0.4, 0.5) is 5.69 Å². The maximum Gasteiger partial charge on any atom is 0.265 e. The molecule has 0 heterocycles. The summed E-state index contributed by atoms with van der Waals surface area (Å²) < 4.78 is 11.2. The van der Waals surface area contributed by atoms with Crippen LogP contribution in [0.1, 0.15) is 6.92 Å². The summed E-state index contributed by atoms with van der Waals surface area (Å²) >= 11 is 0. The molecule has 0 fully saturated rings. The van der Waals surface area contributed by atoms with Gasteiger partial charge in [-0.2, -0.15) is 0 Å². The summed E-state index contributed by atoms with van der Waals surface area (Å²) in [6.07, 6.45) is 1.06. The van der Waals surface area contributed by atoms with Gasteiger partial charge in [0.25, 0.3) is 5.91 Å². The summed E-state index contributed by atoms with van der Waals surface area (Å²) in [5, 5.41) is 2.84. The van der Waals surface area contributed by atoms with E-state index in [0.29, 0.717) is 18.0 Å². The number of hydrogen-bond acceptors (Lipinski definition) is 3. The van der Waals surface area contributed by atoms with E-state index in [9.17, 15) is 4.79 Å². The first-order valence-corrected chi connectivity index (χ1v) is 9.12. The molecule has 1 unspecified atom stereocenters. The van der Waals surface area contributed by atoms with Gasteiger partial charge in [-0.05, 0) is 54.4 Å². The van der Waals surface area contributed by atoms with Gasteiger partial charge in [-0.3, -0.25) is 4.79 Å². The molecule has 4 heteroatoms. The van der Waals surface area contributed by atoms with E-state index in [1.54, 1.807) is 37.3 Å². The van der Waals surface area contributed by atoms with Gasteiger partial charge >= 0.3 is 0 Å². The quantitative estimate of drug-likeness (QED) is 0.543. The van der Waals surface area contributed by atoms with Crippen LogP contribution < -0.4 is 14.8 Å². The molecule has 0 aliphatic rings. The lowest BCUT2D eigenvalue weighted by Crippen LogP contribution is -2.30. The summed E-state index contributed by atoms with van der Waals surface area (Å²) in [5.74, 6) is 1.16. The molecule has 1 N–H and O–H groups in total. The third-order valence-corrected chi connectivity index (χ3v) is 4.13. The van der Waals surface area contributed by atoms with E-state index < -0.39 is 6.10 Å². The summed E-state index contributed by atoms with van der Waals surface area (Å²) in [4.78, 5) is 12.4. The predicted molar refractivity (Wildman–Crippen MR) is 113 cm³/mol. The number of hydrogen-bond donors (Lipinski definition) is 1. The van der Waals surface area contributed by atoms with Crippen molar-refractivity contribution in [3.63, 3.8) is 0 Å². The van der Waals surface area contributed by atoms with E-state index in [-0.39, 0.29) is 5.91 Å². The lowest BCUT2D eigenvalue weighted by molar-refractivity contribution is -0.122. The fourth-order valence-corrected chi connectivity index (χ4v) is 2.65. The van der Waals surface area contributed by atoms with Crippen molar-refractivity contribution in [2.24, 2.45) is 0 Å². The van der Waals surface area contributed by atoms with Crippen LogP contribution in [0.25, 0.3) is 11.1 Å². The third kappa shape index (κ3) is 5.24. The highest BCUT2D eigenvalue weighted by Crippen LogP contribution is 2.23. The van der Waals surface area contributed by atoms with Crippen LogP contribution in [0.2, 0.25) is 0 Å². The second-order valence-electron chi connectivity index (χ2n) is 6.26. The Bertz CT molecular complexity index is 903. The Balaban J connectivity index is 1.56. The smallest absolute Gasteiger partial charge is 0.265 e. The number of carbonyl (C=O) groups is 1. The first kappa shape index (κ1) is 19.2. The molecule has 28 heavy (non-hydrogen) atoms. The monoisotopic (exact) mass is 373 g/mol. The maximum atomic E-state index is 12.4. The fourth-order valence-electron chi connectivity index (χ4n) is 2.65. The van der Waals surface area contributed by atoms with Crippen LogP contribution in [0, 0.1) is 0 Å². The molecule has 1 atom stereocenters. The van der Waals surface area contributed by atoms with E-state index >= 15 is 0 Å². The lowest BCUT2D eigenvalue weighted by Gasteiger charge is -2.15. The van der Waals surface area contributed by atoms with Crippen LogP contribution >= 0.6 is 0 Å². The Hall–Kier alpha value is -3.53. The average Bonchev–Trinajstić information content (AvgIpc) is 2.74. The van der Waals surface area contributed by atoms with Gasteiger partial charge in [0.05, 0.1) is 0 Å². The molecule has 142 valence electrons. The second-order valence-corrected chi connectivity index (χ2v) is 6.26. The molecule has 0 saturated carbocycles. The van der Waals surface area contributed by atoms with Crippen molar-refractivity contribution in [3.8, 4) is 22.6 Å². The molecule has 3 aromatic carbocycles. The van der Waals surface area contributed by atoms with Crippen LogP contribution in [-0.4, -0.2) is 18.6 Å². The zero-order valence-corrected chi connectivity index (χ0v) is 15.8. The minimum absolute atomic E-state index is 0.216. The summed E-state index contributed by atoms with van der Waals surface area (Å²) in [6.45, 7) is 5.78. The van der Waals surface area contributed by atoms with Gasteiger partial charge in [0.1, 0.15) is 18.1 Å². The first-order chi connectivity index (χ1) is 13.7. The molecule has 1 amide bonds. The molecular formula is C24H23NO3. The number of amides is 1. The van der Waals surface area contributed by atoms with Crippen molar-refractivity contribution in [2.45, 2.75) is 13.0 Å². The van der Waals surface area contributed by atoms with Crippen LogP contribution in [0.5, 0.6) is 11.5 Å². The zero-order chi connectivity index (χ0) is 19.8. The van der Waals surface area contributed by atoms with Gasteiger partial charge in [-0.1, -0.05) is 55.1 Å². The minimum atomic E-state index is -0.626. The predicted octanol–water partition coefficient (Wildman–Crippen LogP) is 5.32. The summed E-state index contributed by atoms with van der Waals surface area (Å²) in [5.41, 5.74) is 2.93. The molecular weight excluding hydrogens is 350 g/mol. The molecule has 4 nitrogen and oxygen atoms in total. The van der Waals surface area contributed by atoms with Crippen molar-refractivity contribution in [1.82, 2.24) is 0 Å². The van der Waals surface area contributed by atoms with E-state index in [1.165, 1.54) is 0 Å². The maximum absolute atomic E-state index is 12.4. The Morgan fingerprint density at radius 2 is 1.54 bits per heavy atom. The standard InChI is InChI=1S/C24H23NO3/c1-3-17-27-22-15-11-21(12-16-22)25-24(26)18(2)28-23-13-9-20(10-14-23)19-7-5-4-6-8-19/h3-16,18H,1,17H2,2H3,(H,25,26). The van der Waals surface area contributed by atoms with Gasteiger partial charge < -0.3 is 14.8 Å². The fraction of sp³-hybridized carbons (Fsp3) is 0.125. The van der Waals surface area contributed by atoms with Crippen molar-refractivity contribution in [2.75, 3.05) is 11.9 Å². The summed E-state index contributed by atoms with van der Waals surface area (Å²) in [7, 11) is 0. The zero-order valence-electron chi connectivity index (χ0n) is 15.8. The Morgan fingerprint density at radius 1 is 0.929 bits per heavy atom. The van der Waals surface area contributed by atoms with E-state index in [0.717, 1.165) is 16.9 Å². The number of benzene rings is 3. The molecule has 0 aromatic heterocycles. The third-order valence-electron chi connectivity index (χ3n) is 4.13. The van der Waals surface area contributed by atoms with E-state index in [4.69, 9.17) is 9.47 Å². The highest BCUT2D eigenvalue weighted by molar-refractivity contribution is 5.94. The van der Waals surface area contributed by atoms with Gasteiger partial charge in [-0.15, -0.1) is 0 Å². The van der Waals surface area contributed by atoms with Crippen molar-refractivity contribution in [1.29, 1.82) is 0 Å². The second kappa shape index (κ2) is 9.42. The average molecular weight is 373 g/mol. The minimum Gasteiger partial charge on any atom is -0.490 e. The molecule has 0 saturated heterocycles. The highest BCUT2D eigenvalue weighted by Gasteiger charge is 2.15. The van der Waals surface area contributed by atoms with Crippen LogP contribution in [0.15, 0.2) is 91.5 Å². The molecule has 0 aliphatic heterocycles. The Labute approximate surface area is 165 Å². The molecule has 0 radical (unpaired) electrons. The van der Waals surface area contributed by atoms with E-state index in [2.05, 4.69) is 24.0 Å². The van der Waals surface area contributed by atoms with E-state index in [1.807, 2.05) is 42.5 Å². The first-order valence-electron chi connectivity index (χ1n) is 9.12. The molecule has 0 aliphatic carbocycles. The van der Waals surface area contributed by atoms with Gasteiger partial charge in [0.15, 0.2) is 6.10 Å². The molecule has 0 spiro atoms. The highest BCUT2D eigenvalue weighted by atomic mass is 16.5. The lowest BCUT2D eigenvalue weighted by atomic mass is 10.1. The van der Waals surface area contributed by atoms with Gasteiger partial charge in [0.2, 0.25) is 0 Å². The molecule has 3 rings (SSSR count). The number of rotatable bonds is 8. The van der Waals surface area contributed by atoms with Crippen LogP contribution in [-0.2, 0) is 4.79 Å². The molecule has 0 bridgehead atoms. The van der Waals surface area contributed by atoms with Crippen LogP contribution in [0.3, 0.4) is 0 Å². The van der Waals surface area contributed by atoms with Crippen molar-refractivity contribution >= 4 is 11.6 Å². The Morgan fingerprint density at radius 3 is 2.18 bits per heavy atom. The van der Waals surface area contributed by atoms with Crippen molar-refractivity contribution < 1.29 is 14.3 Å². The topological polar surface area (TPSA) is 47.6 Å². The number of carbonyl (C=O) groups excluding carboxylic acids is 1. The number of ether oxygens (including phenoxy) is 2. The number of nitrogens with one attached hydrogen (secondary N) is 1. The largest absolute Gasteiger partial charge is 0.490 e.